The van der Waals surface area contributed by atoms with E-state index in [1.54, 1.807) is 6.92 Å². The molecule has 0 amide bonds. The molecule has 1 aliphatic heterocycles. The van der Waals surface area contributed by atoms with Gasteiger partial charge in [-0.25, -0.2) is 14.6 Å². The molecule has 0 bridgehead atoms. The second-order valence-corrected chi connectivity index (χ2v) is 10.6. The summed E-state index contributed by atoms with van der Waals surface area (Å²) in [6.07, 6.45) is -0.631. The number of nitrogens with zero attached hydrogens (tertiary/aromatic N) is 4. The van der Waals surface area contributed by atoms with Crippen LogP contribution in [0.25, 0.3) is 11.2 Å². The summed E-state index contributed by atoms with van der Waals surface area (Å²) in [4.78, 5) is 35.2. The lowest BCUT2D eigenvalue weighted by molar-refractivity contribution is -0.150. The van der Waals surface area contributed by atoms with Crippen LogP contribution >= 0.6 is 7.75 Å². The van der Waals surface area contributed by atoms with Crippen LogP contribution in [0.1, 0.15) is 45.8 Å². The first-order valence-electron chi connectivity index (χ1n) is 11.5. The van der Waals surface area contributed by atoms with Gasteiger partial charge in [0.25, 0.3) is 0 Å². The first-order chi connectivity index (χ1) is 16.9. The molecule has 1 aliphatic carbocycles. The van der Waals surface area contributed by atoms with Gasteiger partial charge in [-0.3, -0.25) is 13.9 Å². The number of fused-ring (bicyclic) bond motifs is 1. The third kappa shape index (κ3) is 4.79. The van der Waals surface area contributed by atoms with Crippen molar-refractivity contribution in [2.24, 2.45) is 0 Å². The van der Waals surface area contributed by atoms with Crippen LogP contribution in [0.15, 0.2) is 6.33 Å². The third-order valence-corrected chi connectivity index (χ3v) is 7.71. The number of carbonyl (C=O) groups is 1. The van der Waals surface area contributed by atoms with E-state index in [1.165, 1.54) is 24.9 Å². The fourth-order valence-corrected chi connectivity index (χ4v) is 5.95. The Balaban J connectivity index is 1.51. The predicted molar refractivity (Wildman–Crippen MR) is 124 cm³/mol. The molecule has 36 heavy (non-hydrogen) atoms. The number of aliphatic hydroxyl groups excluding tert-OH is 1. The maximum atomic E-state index is 12.9. The summed E-state index contributed by atoms with van der Waals surface area (Å²) in [7, 11) is -3.15. The lowest BCUT2D eigenvalue weighted by Crippen LogP contribution is -2.49. The first-order valence-corrected chi connectivity index (χ1v) is 13.1. The van der Waals surface area contributed by atoms with Gasteiger partial charge in [0.1, 0.15) is 23.3 Å². The quantitative estimate of drug-likeness (QED) is 0.213. The predicted octanol–water partition coefficient (Wildman–Crippen LogP) is 0.00890. The van der Waals surface area contributed by atoms with Gasteiger partial charge >= 0.3 is 13.7 Å². The van der Waals surface area contributed by atoms with E-state index in [4.69, 9.17) is 24.5 Å². The molecule has 200 valence electrons. The van der Waals surface area contributed by atoms with Gasteiger partial charge in [-0.05, 0) is 26.7 Å². The molecule has 6 N–H and O–H groups in total. The van der Waals surface area contributed by atoms with Gasteiger partial charge in [-0.2, -0.15) is 9.97 Å². The van der Waals surface area contributed by atoms with Crippen molar-refractivity contribution in [2.45, 2.75) is 69.1 Å². The molecule has 5 atom stereocenters. The van der Waals surface area contributed by atoms with Crippen molar-refractivity contribution in [3.8, 4) is 5.88 Å². The number of nitrogen functional groups attached to an aromatic ring is 1. The van der Waals surface area contributed by atoms with Crippen LogP contribution in [-0.4, -0.2) is 84.3 Å². The van der Waals surface area contributed by atoms with Crippen LogP contribution in [0, 0.1) is 0 Å². The second kappa shape index (κ2) is 9.82. The number of aliphatic hydroxyl groups is 2. The van der Waals surface area contributed by atoms with Crippen molar-refractivity contribution in [1.82, 2.24) is 24.6 Å². The number of methoxy groups -OCH3 is 1. The summed E-state index contributed by atoms with van der Waals surface area (Å²) in [6, 6.07) is 0. The van der Waals surface area contributed by atoms with Crippen LogP contribution in [0.3, 0.4) is 0 Å². The van der Waals surface area contributed by atoms with Crippen LogP contribution in [0.2, 0.25) is 0 Å². The number of ether oxygens (including phenoxy) is 3. The van der Waals surface area contributed by atoms with Gasteiger partial charge in [0, 0.05) is 0 Å². The second-order valence-electron chi connectivity index (χ2n) is 9.05. The molecule has 3 heterocycles. The maximum absolute atomic E-state index is 12.9. The summed E-state index contributed by atoms with van der Waals surface area (Å²) in [5.74, 6) is -0.609. The zero-order chi connectivity index (χ0) is 26.3. The highest BCUT2D eigenvalue weighted by molar-refractivity contribution is 7.50. The zero-order valence-corrected chi connectivity index (χ0v) is 21.1. The summed E-state index contributed by atoms with van der Waals surface area (Å²) < 4.78 is 35.5. The average Bonchev–Trinajstić information content (AvgIpc) is 3.50. The van der Waals surface area contributed by atoms with E-state index in [0.717, 1.165) is 0 Å². The van der Waals surface area contributed by atoms with E-state index in [2.05, 4.69) is 20.0 Å². The van der Waals surface area contributed by atoms with Gasteiger partial charge in [0.05, 0.1) is 26.7 Å². The Hall–Kier alpha value is -2.39. The molecule has 2 aromatic heterocycles. The Morgan fingerprint density at radius 3 is 2.72 bits per heavy atom. The van der Waals surface area contributed by atoms with Crippen molar-refractivity contribution in [3.63, 3.8) is 0 Å². The smallest absolute Gasteiger partial charge is 0.404 e. The van der Waals surface area contributed by atoms with Crippen molar-refractivity contribution < 1.29 is 43.2 Å². The lowest BCUT2D eigenvalue weighted by atomic mass is 9.96. The molecule has 2 aliphatic rings. The van der Waals surface area contributed by atoms with Crippen LogP contribution in [0.5, 0.6) is 5.88 Å². The van der Waals surface area contributed by atoms with Gasteiger partial charge in [0.15, 0.2) is 17.4 Å². The van der Waals surface area contributed by atoms with E-state index in [0.29, 0.717) is 25.7 Å². The Morgan fingerprint density at radius 1 is 1.39 bits per heavy atom. The monoisotopic (exact) mass is 530 g/mol. The largest absolute Gasteiger partial charge is 0.479 e. The highest BCUT2D eigenvalue weighted by atomic mass is 31.2. The van der Waals surface area contributed by atoms with Crippen LogP contribution in [-0.2, 0) is 23.4 Å². The molecule has 2 aromatic rings. The number of carbonyl (C=O) groups excluding carboxylic acids is 1. The average molecular weight is 530 g/mol. The number of hydrogen-bond acceptors (Lipinski definition) is 12. The third-order valence-electron chi connectivity index (χ3n) is 6.50. The summed E-state index contributed by atoms with van der Waals surface area (Å²) >= 11 is 0. The first kappa shape index (κ1) is 26.7. The molecule has 0 aromatic carbocycles. The molecular weight excluding hydrogens is 499 g/mol. The fourth-order valence-electron chi connectivity index (χ4n) is 4.68. The SMILES string of the molecule is CCOC(=O)C1(NP(=O)(O)OC[C@H]2O[C@@H](n3cnc4c(OC)nc(N)nc43)C(C)(O)C2O)CCCC1. The van der Waals surface area contributed by atoms with E-state index in [9.17, 15) is 24.5 Å². The van der Waals surface area contributed by atoms with E-state index >= 15 is 0 Å². The lowest BCUT2D eigenvalue weighted by Gasteiger charge is -2.30. The number of anilines is 1. The summed E-state index contributed by atoms with van der Waals surface area (Å²) in [6.45, 7) is 2.54. The van der Waals surface area contributed by atoms with Crippen molar-refractivity contribution >= 4 is 30.8 Å². The molecule has 0 spiro atoms. The standard InChI is InChI=1S/C20H31N6O9P/c1-4-33-17(28)20(7-5-6-8-20)25-36(30,31)34-9-11-13(27)19(2,29)16(35-11)26-10-22-12-14(26)23-18(21)24-15(12)32-3/h10-11,13,16,27,29H,4-9H2,1-3H3,(H2,21,23,24)(H2,25,30,31)/t11-,13?,16-,19?/m1/s1. The van der Waals surface area contributed by atoms with E-state index in [-0.39, 0.29) is 29.6 Å². The molecule has 0 radical (unpaired) electrons. The highest BCUT2D eigenvalue weighted by Crippen LogP contribution is 2.47. The van der Waals surface area contributed by atoms with Crippen molar-refractivity contribution in [2.75, 3.05) is 26.1 Å². The number of aromatic nitrogens is 4. The van der Waals surface area contributed by atoms with E-state index < -0.39 is 49.9 Å². The zero-order valence-electron chi connectivity index (χ0n) is 20.2. The minimum absolute atomic E-state index is 0.103. The van der Waals surface area contributed by atoms with E-state index in [1.807, 2.05) is 0 Å². The minimum atomic E-state index is -4.54. The summed E-state index contributed by atoms with van der Waals surface area (Å²) in [5.41, 5.74) is 2.98. The van der Waals surface area contributed by atoms with Gasteiger partial charge in [-0.1, -0.05) is 12.8 Å². The Bertz CT molecular complexity index is 1170. The molecule has 2 fully saturated rings. The Morgan fingerprint density at radius 2 is 2.08 bits per heavy atom. The van der Waals surface area contributed by atoms with Crippen LogP contribution in [0.4, 0.5) is 5.95 Å². The molecule has 3 unspecified atom stereocenters. The molecule has 15 nitrogen and oxygen atoms in total. The number of nitrogens with two attached hydrogens (primary N) is 1. The molecule has 16 heteroatoms. The molecular formula is C20H31N6O9P. The fraction of sp³-hybridized carbons (Fsp3) is 0.700. The number of hydrogen-bond donors (Lipinski definition) is 5. The number of imidazole rings is 1. The van der Waals surface area contributed by atoms with Gasteiger partial charge < -0.3 is 35.1 Å². The topological polar surface area (TPSA) is 213 Å². The Labute approximate surface area is 206 Å². The molecule has 1 saturated carbocycles. The van der Waals surface area contributed by atoms with Gasteiger partial charge in [-0.15, -0.1) is 0 Å². The minimum Gasteiger partial charge on any atom is -0.479 e. The number of esters is 1. The number of nitrogens with one attached hydrogen (secondary N) is 1. The molecule has 1 saturated heterocycles. The van der Waals surface area contributed by atoms with Crippen LogP contribution < -0.4 is 15.6 Å². The number of rotatable bonds is 9. The Kier molecular flexibility index (Phi) is 7.27. The van der Waals surface area contributed by atoms with Crippen molar-refractivity contribution in [1.29, 1.82) is 0 Å². The highest BCUT2D eigenvalue weighted by Gasteiger charge is 2.54. The van der Waals surface area contributed by atoms with Crippen molar-refractivity contribution in [3.05, 3.63) is 6.33 Å². The molecule has 4 rings (SSSR count). The summed E-state index contributed by atoms with van der Waals surface area (Å²) in [5, 5.41) is 24.3. The van der Waals surface area contributed by atoms with Gasteiger partial charge in [0.2, 0.25) is 11.8 Å². The normalized spacial score (nSPS) is 29.3. The maximum Gasteiger partial charge on any atom is 0.404 e.